The summed E-state index contributed by atoms with van der Waals surface area (Å²) >= 11 is 0. The van der Waals surface area contributed by atoms with Gasteiger partial charge in [0.25, 0.3) is 0 Å². The van der Waals surface area contributed by atoms with Gasteiger partial charge in [0.2, 0.25) is 0 Å². The van der Waals surface area contributed by atoms with Crippen LogP contribution in [0.4, 0.5) is 0 Å². The van der Waals surface area contributed by atoms with E-state index in [9.17, 15) is 0 Å². The van der Waals surface area contributed by atoms with Crippen LogP contribution in [0, 0.1) is 0 Å². The topological polar surface area (TPSA) is 422 Å². The first-order chi connectivity index (χ1) is 14.6. The van der Waals surface area contributed by atoms with Crippen molar-refractivity contribution in [3.63, 3.8) is 0 Å². The minimum Gasteiger partial charge on any atom is -0.543 e. The molecule has 0 heterocycles. The average Bonchev–Trinajstić information content (AvgIpc) is 2.63. The first-order valence-corrected chi connectivity index (χ1v) is 6.36. The van der Waals surface area contributed by atoms with E-state index in [0.29, 0.717) is 0 Å². The summed E-state index contributed by atoms with van der Waals surface area (Å²) in [6.45, 7) is 1.93. The van der Waals surface area contributed by atoms with Crippen LogP contribution in [0.3, 0.4) is 0 Å². The third-order valence-corrected chi connectivity index (χ3v) is 0.833. The fourth-order valence-corrected chi connectivity index (χ4v) is 0. The fourth-order valence-electron chi connectivity index (χ4n) is 0. The van der Waals surface area contributed by atoms with E-state index < -0.39 is 59.7 Å². The second-order valence-corrected chi connectivity index (χ2v) is 3.19. The number of aliphatic hydroxyl groups is 1. The Hall–Kier alpha value is -3.86. The SMILES string of the molecule is CCO.O=C([O-])C(=O)[O-].O=C([O-])C(=O)[O-].O=C([O-])C(=O)[O-].O=C([O-])C(=O)[O-].O=C([O-])C(=O)[O-].[Nb+5].[Nb+5]. The van der Waals surface area contributed by atoms with Crippen LogP contribution < -0.4 is 51.1 Å². The van der Waals surface area contributed by atoms with Crippen LogP contribution in [-0.4, -0.2) is 71.4 Å². The van der Waals surface area contributed by atoms with Crippen LogP contribution in [0.1, 0.15) is 6.92 Å². The van der Waals surface area contributed by atoms with Gasteiger partial charge in [0, 0.05) is 6.61 Å². The maximum absolute atomic E-state index is 8.93. The van der Waals surface area contributed by atoms with E-state index in [-0.39, 0.29) is 51.4 Å². The van der Waals surface area contributed by atoms with Gasteiger partial charge in [-0.15, -0.1) is 0 Å². The molecule has 0 aliphatic heterocycles. The largest absolute Gasteiger partial charge is 5.00 e. The first kappa shape index (κ1) is 52.8. The Morgan fingerprint density at radius 1 is 0.371 bits per heavy atom. The molecule has 0 aromatic carbocycles. The summed E-state index contributed by atoms with van der Waals surface area (Å²) in [5.74, 6) is -21.9. The Kier molecular flexibility index (Phi) is 52.4. The molecule has 0 saturated heterocycles. The van der Waals surface area contributed by atoms with Gasteiger partial charge in [0.05, 0.1) is 59.7 Å². The summed E-state index contributed by atoms with van der Waals surface area (Å²) in [6.07, 6.45) is 0. The van der Waals surface area contributed by atoms with Crippen LogP contribution in [0.15, 0.2) is 0 Å². The Labute approximate surface area is 221 Å². The van der Waals surface area contributed by atoms with Gasteiger partial charge >= 0.3 is 44.8 Å². The third-order valence-electron chi connectivity index (χ3n) is 0.833. The number of carboxylic acids is 10. The van der Waals surface area contributed by atoms with Gasteiger partial charge in [-0.2, -0.15) is 0 Å². The number of hydrogen-bond donors (Lipinski definition) is 1. The second-order valence-electron chi connectivity index (χ2n) is 3.19. The number of carbonyl (C=O) groups is 10. The molecule has 0 bridgehead atoms. The van der Waals surface area contributed by atoms with Gasteiger partial charge in [-0.05, 0) is 6.92 Å². The minimum atomic E-state index is -2.19. The quantitative estimate of drug-likeness (QED) is 0.184. The predicted octanol–water partition coefficient (Wildman–Crippen LogP) is -17.6. The molecule has 0 saturated carbocycles. The molecule has 0 rings (SSSR count). The molecular formula is C12H6Nb2O21. The van der Waals surface area contributed by atoms with Crippen molar-refractivity contribution in [2.45, 2.75) is 6.92 Å². The Balaban J connectivity index is -0.0000000416. The van der Waals surface area contributed by atoms with Crippen LogP contribution in [-0.2, 0) is 92.7 Å². The zero-order valence-corrected chi connectivity index (χ0v) is 20.6. The molecule has 23 heteroatoms. The number of carbonyl (C=O) groups excluding carboxylic acids is 10. The molecule has 0 amide bonds. The van der Waals surface area contributed by atoms with Crippen molar-refractivity contribution < 1.29 is 149 Å². The van der Waals surface area contributed by atoms with E-state index in [1.807, 2.05) is 0 Å². The number of rotatable bonds is 0. The smallest absolute Gasteiger partial charge is 0.543 e. The standard InChI is InChI=1S/5C2H2O4.C2H6O.2Nb/c5*3-1(4)2(5)6;1-2-3;;/h5*(H,3,4)(H,5,6);3H,2H2,1H3;;/q;;;;;;2*+5/p-10. The normalized spacial score (nSPS) is 6.80. The molecule has 0 fully saturated rings. The molecule has 0 aliphatic rings. The van der Waals surface area contributed by atoms with Crippen molar-refractivity contribution in [1.29, 1.82) is 0 Å². The van der Waals surface area contributed by atoms with E-state index in [0.717, 1.165) is 0 Å². The number of aliphatic hydroxyl groups excluding tert-OH is 1. The van der Waals surface area contributed by atoms with Crippen molar-refractivity contribution in [2.24, 2.45) is 0 Å². The number of aliphatic carboxylic acids is 10. The minimum absolute atomic E-state index is 0. The first-order valence-electron chi connectivity index (χ1n) is 6.36. The van der Waals surface area contributed by atoms with Crippen LogP contribution in [0.2, 0.25) is 0 Å². The molecular weight excluding hydrogens is 666 g/mol. The summed E-state index contributed by atoms with van der Waals surface area (Å²) in [5, 5.41) is 96.8. The molecule has 0 unspecified atom stereocenters. The molecule has 0 atom stereocenters. The Morgan fingerprint density at radius 3 is 0.400 bits per heavy atom. The molecule has 1 N–H and O–H groups in total. The molecule has 0 spiro atoms. The van der Waals surface area contributed by atoms with Crippen LogP contribution >= 0.6 is 0 Å². The second kappa shape index (κ2) is 34.7. The van der Waals surface area contributed by atoms with Gasteiger partial charge in [-0.1, -0.05) is 0 Å². The molecule has 0 aromatic rings. The van der Waals surface area contributed by atoms with Gasteiger partial charge in [-0.3, -0.25) is 0 Å². The summed E-state index contributed by atoms with van der Waals surface area (Å²) < 4.78 is 0. The summed E-state index contributed by atoms with van der Waals surface area (Å²) in [7, 11) is 0. The van der Waals surface area contributed by atoms with E-state index in [4.69, 9.17) is 104 Å². The summed E-state index contributed by atoms with van der Waals surface area (Å²) in [5.41, 5.74) is 0. The monoisotopic (exact) mass is 672 g/mol. The predicted molar refractivity (Wildman–Crippen MR) is 62.8 cm³/mol. The molecule has 0 aromatic heterocycles. The van der Waals surface area contributed by atoms with E-state index in [1.165, 1.54) is 0 Å². The molecule has 21 nitrogen and oxygen atoms in total. The molecule has 190 valence electrons. The van der Waals surface area contributed by atoms with Crippen LogP contribution in [0.5, 0.6) is 0 Å². The van der Waals surface area contributed by atoms with Crippen molar-refractivity contribution in [3.05, 3.63) is 0 Å². The maximum atomic E-state index is 8.93. The third kappa shape index (κ3) is 91.6. The molecule has 0 radical (unpaired) electrons. The molecule has 35 heavy (non-hydrogen) atoms. The number of carboxylic acid groups (broad SMARTS) is 10. The van der Waals surface area contributed by atoms with Crippen molar-refractivity contribution in [3.8, 4) is 0 Å². The van der Waals surface area contributed by atoms with Gasteiger partial charge in [0.1, 0.15) is 0 Å². The average molecular weight is 672 g/mol. The van der Waals surface area contributed by atoms with Gasteiger partial charge in [-0.25, -0.2) is 0 Å². The zero-order chi connectivity index (χ0) is 28.5. The number of hydrogen-bond acceptors (Lipinski definition) is 21. The molecule has 0 aliphatic carbocycles. The van der Waals surface area contributed by atoms with Crippen molar-refractivity contribution >= 4 is 59.7 Å². The Morgan fingerprint density at radius 2 is 0.400 bits per heavy atom. The van der Waals surface area contributed by atoms with Crippen molar-refractivity contribution in [1.82, 2.24) is 0 Å². The van der Waals surface area contributed by atoms with Gasteiger partial charge < -0.3 is 104 Å². The summed E-state index contributed by atoms with van der Waals surface area (Å²) in [6, 6.07) is 0. The van der Waals surface area contributed by atoms with Crippen molar-refractivity contribution in [2.75, 3.05) is 6.61 Å². The maximum Gasteiger partial charge on any atom is 5.00 e. The fraction of sp³-hybridized carbons (Fsp3) is 0.167. The summed E-state index contributed by atoms with van der Waals surface area (Å²) in [4.78, 5) is 89.3. The van der Waals surface area contributed by atoms with Gasteiger partial charge in [0.15, 0.2) is 0 Å². The van der Waals surface area contributed by atoms with Crippen LogP contribution in [0.25, 0.3) is 0 Å². The zero-order valence-electron chi connectivity index (χ0n) is 16.2. The van der Waals surface area contributed by atoms with E-state index in [2.05, 4.69) is 0 Å². The van der Waals surface area contributed by atoms with E-state index in [1.54, 1.807) is 6.92 Å². The van der Waals surface area contributed by atoms with E-state index >= 15 is 0 Å². The Bertz CT molecular complexity index is 527.